The fourth-order valence-electron chi connectivity index (χ4n) is 2.85. The topological polar surface area (TPSA) is 82.5 Å². The van der Waals surface area contributed by atoms with Gasteiger partial charge in [-0.15, -0.1) is 0 Å². The molecule has 0 aromatic heterocycles. The lowest BCUT2D eigenvalue weighted by Gasteiger charge is -2.44. The Balaban J connectivity index is 0.000000445. The van der Waals surface area contributed by atoms with E-state index in [9.17, 15) is 18.0 Å². The SMILES string of the molecule is CC(C)N1CCOCC2(CN(C(=O)N(C)C)CCO2)C1.O=C(O)C(F)(F)F. The first-order chi connectivity index (χ1) is 12.4. The van der Waals surface area contributed by atoms with Crippen LogP contribution in [0, 0.1) is 0 Å². The number of carboxylic acids is 1. The molecule has 0 bridgehead atoms. The van der Waals surface area contributed by atoms with Crippen molar-refractivity contribution in [2.24, 2.45) is 0 Å². The van der Waals surface area contributed by atoms with Gasteiger partial charge in [-0.05, 0) is 13.8 Å². The van der Waals surface area contributed by atoms with E-state index in [1.807, 2.05) is 4.90 Å². The Morgan fingerprint density at radius 2 is 1.74 bits per heavy atom. The third-order valence-corrected chi connectivity index (χ3v) is 4.25. The molecular weight excluding hydrogens is 371 g/mol. The molecule has 2 fully saturated rings. The van der Waals surface area contributed by atoms with Gasteiger partial charge < -0.3 is 24.4 Å². The zero-order chi connectivity index (χ0) is 20.8. The molecule has 0 aromatic rings. The number of carbonyl (C=O) groups excluding carboxylic acids is 1. The van der Waals surface area contributed by atoms with Crippen LogP contribution in [0.5, 0.6) is 0 Å². The molecule has 158 valence electrons. The molecule has 1 unspecified atom stereocenters. The predicted molar refractivity (Wildman–Crippen MR) is 90.6 cm³/mol. The number of morpholine rings is 1. The molecule has 0 radical (unpaired) electrons. The van der Waals surface area contributed by atoms with Gasteiger partial charge in [0.2, 0.25) is 0 Å². The van der Waals surface area contributed by atoms with E-state index in [1.54, 1.807) is 19.0 Å². The van der Waals surface area contributed by atoms with Gasteiger partial charge in [0.1, 0.15) is 5.60 Å². The molecule has 8 nitrogen and oxygen atoms in total. The Morgan fingerprint density at radius 3 is 2.22 bits per heavy atom. The zero-order valence-electron chi connectivity index (χ0n) is 16.1. The van der Waals surface area contributed by atoms with Crippen LogP contribution in [0.2, 0.25) is 0 Å². The van der Waals surface area contributed by atoms with Crippen LogP contribution in [-0.4, -0.2) is 110 Å². The number of ether oxygens (including phenoxy) is 2. The fraction of sp³-hybridized carbons (Fsp3) is 0.875. The number of halogens is 3. The van der Waals surface area contributed by atoms with E-state index in [-0.39, 0.29) is 11.6 Å². The molecule has 2 aliphatic rings. The van der Waals surface area contributed by atoms with Crippen LogP contribution >= 0.6 is 0 Å². The molecule has 0 saturated carbocycles. The van der Waals surface area contributed by atoms with Crippen molar-refractivity contribution in [1.82, 2.24) is 14.7 Å². The molecule has 27 heavy (non-hydrogen) atoms. The van der Waals surface area contributed by atoms with Gasteiger partial charge in [-0.3, -0.25) is 4.90 Å². The summed E-state index contributed by atoms with van der Waals surface area (Å²) in [6, 6.07) is 0.505. The molecular formula is C16H28F3N3O5. The Hall–Kier alpha value is -1.59. The predicted octanol–water partition coefficient (Wildman–Crippen LogP) is 1.11. The quantitative estimate of drug-likeness (QED) is 0.712. The lowest BCUT2D eigenvalue weighted by atomic mass is 10.0. The molecule has 1 N–H and O–H groups in total. The summed E-state index contributed by atoms with van der Waals surface area (Å²) in [5.41, 5.74) is -0.384. The number of hydrogen-bond donors (Lipinski definition) is 1. The van der Waals surface area contributed by atoms with Crippen molar-refractivity contribution in [3.05, 3.63) is 0 Å². The van der Waals surface area contributed by atoms with Gasteiger partial charge in [-0.25, -0.2) is 9.59 Å². The first-order valence-corrected chi connectivity index (χ1v) is 8.60. The molecule has 1 spiro atoms. The summed E-state index contributed by atoms with van der Waals surface area (Å²) in [7, 11) is 3.57. The maximum absolute atomic E-state index is 12.2. The number of hydrogen-bond acceptors (Lipinski definition) is 5. The van der Waals surface area contributed by atoms with E-state index >= 15 is 0 Å². The Morgan fingerprint density at radius 1 is 1.15 bits per heavy atom. The van der Waals surface area contributed by atoms with E-state index in [4.69, 9.17) is 19.4 Å². The average Bonchev–Trinajstić information content (AvgIpc) is 2.76. The van der Waals surface area contributed by atoms with Crippen LogP contribution in [0.15, 0.2) is 0 Å². The van der Waals surface area contributed by atoms with E-state index in [1.165, 1.54) is 0 Å². The molecule has 1 atom stereocenters. The maximum Gasteiger partial charge on any atom is 0.490 e. The van der Waals surface area contributed by atoms with Crippen molar-refractivity contribution in [3.63, 3.8) is 0 Å². The van der Waals surface area contributed by atoms with Crippen LogP contribution < -0.4 is 0 Å². The van der Waals surface area contributed by atoms with Crippen molar-refractivity contribution < 1.29 is 37.3 Å². The van der Waals surface area contributed by atoms with Crippen molar-refractivity contribution in [2.45, 2.75) is 31.7 Å². The smallest absolute Gasteiger partial charge is 0.475 e. The van der Waals surface area contributed by atoms with Gasteiger partial charge in [-0.1, -0.05) is 0 Å². The van der Waals surface area contributed by atoms with Gasteiger partial charge >= 0.3 is 18.2 Å². The van der Waals surface area contributed by atoms with Gasteiger partial charge in [-0.2, -0.15) is 13.2 Å². The number of urea groups is 1. The van der Waals surface area contributed by atoms with Gasteiger partial charge in [0, 0.05) is 39.8 Å². The highest BCUT2D eigenvalue weighted by atomic mass is 19.4. The normalized spacial score (nSPS) is 24.2. The second-order valence-electron chi connectivity index (χ2n) is 7.05. The molecule has 2 aliphatic heterocycles. The summed E-state index contributed by atoms with van der Waals surface area (Å²) < 4.78 is 43.5. The van der Waals surface area contributed by atoms with Crippen LogP contribution in [0.25, 0.3) is 0 Å². The lowest BCUT2D eigenvalue weighted by molar-refractivity contribution is -0.192. The summed E-state index contributed by atoms with van der Waals surface area (Å²) in [4.78, 5) is 26.9. The lowest BCUT2D eigenvalue weighted by Crippen LogP contribution is -2.61. The first kappa shape index (κ1) is 23.4. The molecule has 0 aliphatic carbocycles. The van der Waals surface area contributed by atoms with Crippen LogP contribution in [-0.2, 0) is 14.3 Å². The standard InChI is InChI=1S/C14H27N3O3.C2HF3O2/c1-12(2)16-5-7-19-11-14(9-16)10-17(6-8-20-14)13(18)15(3)4;3-2(4,5)1(6)7/h12H,5-11H2,1-4H3;(H,6,7). The Bertz CT molecular complexity index is 516. The fourth-order valence-corrected chi connectivity index (χ4v) is 2.85. The third-order valence-electron chi connectivity index (χ3n) is 4.25. The van der Waals surface area contributed by atoms with E-state index in [0.29, 0.717) is 32.3 Å². The highest BCUT2D eigenvalue weighted by Gasteiger charge is 2.42. The monoisotopic (exact) mass is 399 g/mol. The molecule has 2 heterocycles. The minimum atomic E-state index is -5.08. The highest BCUT2D eigenvalue weighted by Crippen LogP contribution is 2.24. The van der Waals surface area contributed by atoms with E-state index in [2.05, 4.69) is 18.7 Å². The van der Waals surface area contributed by atoms with Crippen LogP contribution in [0.3, 0.4) is 0 Å². The second-order valence-corrected chi connectivity index (χ2v) is 7.05. The summed E-state index contributed by atoms with van der Waals surface area (Å²) in [5.74, 6) is -2.76. The van der Waals surface area contributed by atoms with Gasteiger partial charge in [0.05, 0.1) is 26.4 Å². The summed E-state index contributed by atoms with van der Waals surface area (Å²) in [5, 5.41) is 7.12. The Labute approximate surface area is 156 Å². The second kappa shape index (κ2) is 9.56. The van der Waals surface area contributed by atoms with Crippen molar-refractivity contribution in [1.29, 1.82) is 0 Å². The van der Waals surface area contributed by atoms with Gasteiger partial charge in [0.15, 0.2) is 0 Å². The molecule has 2 rings (SSSR count). The summed E-state index contributed by atoms with van der Waals surface area (Å²) in [6.07, 6.45) is -5.08. The molecule has 11 heteroatoms. The van der Waals surface area contributed by atoms with Crippen molar-refractivity contribution >= 4 is 12.0 Å². The number of nitrogens with zero attached hydrogens (tertiary/aromatic N) is 3. The molecule has 2 saturated heterocycles. The first-order valence-electron chi connectivity index (χ1n) is 8.60. The minimum absolute atomic E-state index is 0.0491. The van der Waals surface area contributed by atoms with E-state index < -0.39 is 12.1 Å². The van der Waals surface area contributed by atoms with Crippen LogP contribution in [0.1, 0.15) is 13.8 Å². The third kappa shape index (κ3) is 7.15. The minimum Gasteiger partial charge on any atom is -0.475 e. The van der Waals surface area contributed by atoms with Crippen LogP contribution in [0.4, 0.5) is 18.0 Å². The molecule has 2 amide bonds. The van der Waals surface area contributed by atoms with Gasteiger partial charge in [0.25, 0.3) is 0 Å². The maximum atomic E-state index is 12.2. The number of rotatable bonds is 1. The number of carbonyl (C=O) groups is 2. The Kier molecular flexibility index (Phi) is 8.30. The summed E-state index contributed by atoms with van der Waals surface area (Å²) in [6.45, 7) is 9.24. The number of alkyl halides is 3. The zero-order valence-corrected chi connectivity index (χ0v) is 16.1. The van der Waals surface area contributed by atoms with Crippen molar-refractivity contribution in [2.75, 3.05) is 60.1 Å². The number of aliphatic carboxylic acids is 1. The summed E-state index contributed by atoms with van der Waals surface area (Å²) >= 11 is 0. The average molecular weight is 399 g/mol. The largest absolute Gasteiger partial charge is 0.490 e. The van der Waals surface area contributed by atoms with Crippen molar-refractivity contribution in [3.8, 4) is 0 Å². The van der Waals surface area contributed by atoms with E-state index in [0.717, 1.165) is 19.7 Å². The molecule has 0 aromatic carbocycles. The number of amides is 2. The number of carboxylic acid groups (broad SMARTS) is 1. The highest BCUT2D eigenvalue weighted by molar-refractivity contribution is 5.74.